The second-order valence-corrected chi connectivity index (χ2v) is 7.15. The first-order valence-electron chi connectivity index (χ1n) is 9.30. The van der Waals surface area contributed by atoms with Crippen LogP contribution in [0.5, 0.6) is 0 Å². The molecule has 23 heavy (non-hydrogen) atoms. The maximum Gasteiger partial charge on any atom is 0.0367 e. The first kappa shape index (κ1) is 16.7. The van der Waals surface area contributed by atoms with E-state index in [1.807, 2.05) is 0 Å². The van der Waals surface area contributed by atoms with Gasteiger partial charge in [-0.15, -0.1) is 0 Å². The van der Waals surface area contributed by atoms with E-state index in [1.165, 1.54) is 57.5 Å². The molecule has 0 atom stereocenters. The normalized spacial score (nSPS) is 26.4. The Morgan fingerprint density at radius 3 is 2.35 bits per heavy atom. The molecule has 0 unspecified atom stereocenters. The standard InChI is InChI=1S/C19H32N4/c20-18-8-6-17(7-9-18)16-21-10-11-22-12-14-23(15-13-22)19-4-2-1-3-5-19/h1-5,17-18,21H,6-16,20H2. The van der Waals surface area contributed by atoms with E-state index in [1.54, 1.807) is 0 Å². The minimum Gasteiger partial charge on any atom is -0.369 e. The quantitative estimate of drug-likeness (QED) is 0.787. The molecular formula is C19H32N4. The number of nitrogens with zero attached hydrogens (tertiary/aromatic N) is 2. The summed E-state index contributed by atoms with van der Waals surface area (Å²) < 4.78 is 0. The Balaban J connectivity index is 1.28. The summed E-state index contributed by atoms with van der Waals surface area (Å²) in [5.74, 6) is 0.852. The summed E-state index contributed by atoms with van der Waals surface area (Å²) in [5.41, 5.74) is 7.33. The van der Waals surface area contributed by atoms with Crippen molar-refractivity contribution in [3.05, 3.63) is 30.3 Å². The van der Waals surface area contributed by atoms with Gasteiger partial charge < -0.3 is 16.0 Å². The van der Waals surface area contributed by atoms with Crippen LogP contribution in [0.4, 0.5) is 5.69 Å². The number of hydrogen-bond donors (Lipinski definition) is 2. The zero-order chi connectivity index (χ0) is 15.9. The summed E-state index contributed by atoms with van der Waals surface area (Å²) in [5, 5.41) is 3.66. The summed E-state index contributed by atoms with van der Waals surface area (Å²) in [7, 11) is 0. The lowest BCUT2D eigenvalue weighted by atomic mass is 9.86. The molecule has 1 aromatic rings. The SMILES string of the molecule is NC1CCC(CNCCN2CCN(c3ccccc3)CC2)CC1. The first-order valence-corrected chi connectivity index (χ1v) is 9.30. The highest BCUT2D eigenvalue weighted by atomic mass is 15.3. The summed E-state index contributed by atoms with van der Waals surface area (Å²) in [4.78, 5) is 5.08. The fourth-order valence-corrected chi connectivity index (χ4v) is 3.80. The van der Waals surface area contributed by atoms with Crippen LogP contribution < -0.4 is 16.0 Å². The zero-order valence-corrected chi connectivity index (χ0v) is 14.3. The van der Waals surface area contributed by atoms with E-state index >= 15 is 0 Å². The minimum atomic E-state index is 0.465. The van der Waals surface area contributed by atoms with Crippen molar-refractivity contribution in [3.8, 4) is 0 Å². The molecule has 1 saturated carbocycles. The van der Waals surface area contributed by atoms with Gasteiger partial charge in [-0.1, -0.05) is 18.2 Å². The van der Waals surface area contributed by atoms with Gasteiger partial charge in [0.05, 0.1) is 0 Å². The fraction of sp³-hybridized carbons (Fsp3) is 0.684. The van der Waals surface area contributed by atoms with Crippen molar-refractivity contribution in [1.82, 2.24) is 10.2 Å². The molecule has 3 N–H and O–H groups in total. The molecule has 0 aromatic heterocycles. The van der Waals surface area contributed by atoms with Crippen LogP contribution in [0, 0.1) is 5.92 Å². The minimum absolute atomic E-state index is 0.465. The number of para-hydroxylation sites is 1. The number of piperazine rings is 1. The van der Waals surface area contributed by atoms with E-state index in [0.29, 0.717) is 6.04 Å². The van der Waals surface area contributed by atoms with Crippen molar-refractivity contribution in [2.75, 3.05) is 50.7 Å². The Morgan fingerprint density at radius 1 is 0.957 bits per heavy atom. The molecular weight excluding hydrogens is 284 g/mol. The highest BCUT2D eigenvalue weighted by molar-refractivity contribution is 5.46. The maximum absolute atomic E-state index is 5.97. The van der Waals surface area contributed by atoms with Gasteiger partial charge in [0.15, 0.2) is 0 Å². The van der Waals surface area contributed by atoms with Gasteiger partial charge in [-0.2, -0.15) is 0 Å². The van der Waals surface area contributed by atoms with Gasteiger partial charge in [0.1, 0.15) is 0 Å². The van der Waals surface area contributed by atoms with Crippen molar-refractivity contribution in [3.63, 3.8) is 0 Å². The van der Waals surface area contributed by atoms with Crippen molar-refractivity contribution in [1.29, 1.82) is 0 Å². The molecule has 2 aliphatic rings. The third-order valence-corrected chi connectivity index (χ3v) is 5.42. The van der Waals surface area contributed by atoms with Crippen molar-refractivity contribution >= 4 is 5.69 Å². The molecule has 4 nitrogen and oxygen atoms in total. The number of benzene rings is 1. The third-order valence-electron chi connectivity index (χ3n) is 5.42. The fourth-order valence-electron chi connectivity index (χ4n) is 3.80. The molecule has 1 heterocycles. The topological polar surface area (TPSA) is 44.5 Å². The van der Waals surface area contributed by atoms with Crippen LogP contribution >= 0.6 is 0 Å². The second-order valence-electron chi connectivity index (χ2n) is 7.15. The molecule has 0 radical (unpaired) electrons. The lowest BCUT2D eigenvalue weighted by molar-refractivity contribution is 0.250. The Bertz CT molecular complexity index is 434. The summed E-state index contributed by atoms with van der Waals surface area (Å²) in [6, 6.07) is 11.2. The lowest BCUT2D eigenvalue weighted by Gasteiger charge is -2.36. The van der Waals surface area contributed by atoms with Crippen LogP contribution in [-0.2, 0) is 0 Å². The van der Waals surface area contributed by atoms with Crippen LogP contribution in [0.3, 0.4) is 0 Å². The molecule has 1 aliphatic carbocycles. The van der Waals surface area contributed by atoms with E-state index in [4.69, 9.17) is 5.73 Å². The van der Waals surface area contributed by atoms with Crippen LogP contribution in [-0.4, -0.2) is 56.8 Å². The zero-order valence-electron chi connectivity index (χ0n) is 14.3. The van der Waals surface area contributed by atoms with Gasteiger partial charge in [-0.3, -0.25) is 4.90 Å². The van der Waals surface area contributed by atoms with E-state index < -0.39 is 0 Å². The van der Waals surface area contributed by atoms with Gasteiger partial charge in [0, 0.05) is 51.0 Å². The van der Waals surface area contributed by atoms with Gasteiger partial charge in [0.2, 0.25) is 0 Å². The monoisotopic (exact) mass is 316 g/mol. The number of nitrogens with two attached hydrogens (primary N) is 1. The third kappa shape index (κ3) is 5.20. The molecule has 4 heteroatoms. The van der Waals surface area contributed by atoms with Crippen molar-refractivity contribution in [2.24, 2.45) is 11.7 Å². The molecule has 3 rings (SSSR count). The van der Waals surface area contributed by atoms with Crippen LogP contribution in [0.2, 0.25) is 0 Å². The van der Waals surface area contributed by atoms with E-state index in [0.717, 1.165) is 25.6 Å². The predicted molar refractivity (Wildman–Crippen MR) is 97.9 cm³/mol. The number of rotatable bonds is 6. The van der Waals surface area contributed by atoms with E-state index in [9.17, 15) is 0 Å². The van der Waals surface area contributed by atoms with Crippen molar-refractivity contribution < 1.29 is 0 Å². The average Bonchev–Trinajstić information content (AvgIpc) is 2.62. The highest BCUT2D eigenvalue weighted by Gasteiger charge is 2.19. The Labute approximate surface area is 141 Å². The van der Waals surface area contributed by atoms with Gasteiger partial charge in [0.25, 0.3) is 0 Å². The lowest BCUT2D eigenvalue weighted by Crippen LogP contribution is -2.48. The molecule has 1 aromatic carbocycles. The molecule has 2 fully saturated rings. The Kier molecular flexibility index (Phi) is 6.31. The van der Waals surface area contributed by atoms with E-state index in [2.05, 4.69) is 45.4 Å². The summed E-state index contributed by atoms with van der Waals surface area (Å²) in [6.45, 7) is 8.11. The summed E-state index contributed by atoms with van der Waals surface area (Å²) >= 11 is 0. The Hall–Kier alpha value is -1.10. The predicted octanol–water partition coefficient (Wildman–Crippen LogP) is 1.92. The first-order chi connectivity index (χ1) is 11.3. The molecule has 1 saturated heterocycles. The van der Waals surface area contributed by atoms with Crippen LogP contribution in [0.15, 0.2) is 30.3 Å². The molecule has 128 valence electrons. The summed E-state index contributed by atoms with van der Waals surface area (Å²) in [6.07, 6.45) is 5.05. The van der Waals surface area contributed by atoms with Gasteiger partial charge in [-0.05, 0) is 50.3 Å². The largest absolute Gasteiger partial charge is 0.369 e. The Morgan fingerprint density at radius 2 is 1.65 bits per heavy atom. The van der Waals surface area contributed by atoms with Gasteiger partial charge >= 0.3 is 0 Å². The molecule has 0 spiro atoms. The van der Waals surface area contributed by atoms with Crippen LogP contribution in [0.1, 0.15) is 25.7 Å². The maximum atomic E-state index is 5.97. The number of hydrogen-bond acceptors (Lipinski definition) is 4. The smallest absolute Gasteiger partial charge is 0.0367 e. The van der Waals surface area contributed by atoms with Crippen LogP contribution in [0.25, 0.3) is 0 Å². The van der Waals surface area contributed by atoms with Crippen molar-refractivity contribution in [2.45, 2.75) is 31.7 Å². The highest BCUT2D eigenvalue weighted by Crippen LogP contribution is 2.22. The average molecular weight is 316 g/mol. The second kappa shape index (κ2) is 8.67. The van der Waals surface area contributed by atoms with Gasteiger partial charge in [-0.25, -0.2) is 0 Å². The molecule has 0 bridgehead atoms. The number of nitrogens with one attached hydrogen (secondary N) is 1. The molecule has 0 amide bonds. The number of anilines is 1. The molecule has 1 aliphatic heterocycles. The van der Waals surface area contributed by atoms with E-state index in [-0.39, 0.29) is 0 Å².